The summed E-state index contributed by atoms with van der Waals surface area (Å²) in [6, 6.07) is 17.5. The molecular formula is C28H35N3O2. The Morgan fingerprint density at radius 2 is 1.82 bits per heavy atom. The van der Waals surface area contributed by atoms with Crippen LogP contribution in [0.15, 0.2) is 48.5 Å². The number of rotatable bonds is 10. The van der Waals surface area contributed by atoms with Crippen molar-refractivity contribution in [2.45, 2.75) is 71.5 Å². The van der Waals surface area contributed by atoms with E-state index in [4.69, 9.17) is 14.5 Å². The molecule has 174 valence electrons. The lowest BCUT2D eigenvalue weighted by atomic mass is 10.1. The molecule has 33 heavy (non-hydrogen) atoms. The summed E-state index contributed by atoms with van der Waals surface area (Å²) in [5.74, 6) is 2.86. The largest absolute Gasteiger partial charge is 0.454 e. The lowest BCUT2D eigenvalue weighted by molar-refractivity contribution is 0.172. The summed E-state index contributed by atoms with van der Waals surface area (Å²) in [7, 11) is 0. The van der Waals surface area contributed by atoms with Crippen molar-refractivity contribution >= 4 is 0 Å². The highest BCUT2D eigenvalue weighted by molar-refractivity contribution is 5.57. The molecule has 1 aromatic heterocycles. The molecule has 1 unspecified atom stereocenters. The number of imidazole rings is 1. The highest BCUT2D eigenvalue weighted by Gasteiger charge is 2.34. The Labute approximate surface area is 197 Å². The Balaban J connectivity index is 1.48. The highest BCUT2D eigenvalue weighted by atomic mass is 16.7. The maximum atomic E-state index is 5.64. The average Bonchev–Trinajstić information content (AvgIpc) is 3.56. The number of benzene rings is 2. The van der Waals surface area contributed by atoms with Gasteiger partial charge in [-0.15, -0.1) is 0 Å². The third kappa shape index (κ3) is 4.51. The molecule has 5 rings (SSSR count). The fraction of sp³-hybridized carbons (Fsp3) is 0.464. The third-order valence-electron chi connectivity index (χ3n) is 6.88. The first kappa shape index (κ1) is 22.0. The molecule has 2 heterocycles. The van der Waals surface area contributed by atoms with Gasteiger partial charge in [0.05, 0.1) is 17.4 Å². The predicted octanol–water partition coefficient (Wildman–Crippen LogP) is 6.37. The SMILES string of the molecule is CCCCN(Cc1ccc2c(c1)OCO2)C1CCc2nc(-c3ccccc3)n(CCCC)c21. The highest BCUT2D eigenvalue weighted by Crippen LogP contribution is 2.40. The van der Waals surface area contributed by atoms with Gasteiger partial charge in [-0.25, -0.2) is 4.98 Å². The molecule has 0 radical (unpaired) electrons. The number of unbranched alkanes of at least 4 members (excludes halogenated alkanes) is 2. The molecule has 2 aliphatic rings. The Morgan fingerprint density at radius 3 is 2.64 bits per heavy atom. The molecule has 2 aromatic carbocycles. The van der Waals surface area contributed by atoms with Crippen LogP contribution < -0.4 is 9.47 Å². The summed E-state index contributed by atoms with van der Waals surface area (Å²) >= 11 is 0. The number of nitrogens with zero attached hydrogens (tertiary/aromatic N) is 3. The van der Waals surface area contributed by atoms with Gasteiger partial charge in [-0.3, -0.25) is 4.90 Å². The zero-order valence-electron chi connectivity index (χ0n) is 19.9. The minimum Gasteiger partial charge on any atom is -0.454 e. The quantitative estimate of drug-likeness (QED) is 0.364. The molecular weight excluding hydrogens is 410 g/mol. The van der Waals surface area contributed by atoms with Crippen molar-refractivity contribution in [3.63, 3.8) is 0 Å². The number of hydrogen-bond acceptors (Lipinski definition) is 4. The monoisotopic (exact) mass is 445 g/mol. The van der Waals surface area contributed by atoms with E-state index in [0.717, 1.165) is 49.8 Å². The van der Waals surface area contributed by atoms with Crippen LogP contribution in [-0.2, 0) is 19.5 Å². The van der Waals surface area contributed by atoms with Crippen molar-refractivity contribution in [2.75, 3.05) is 13.3 Å². The maximum Gasteiger partial charge on any atom is 0.231 e. The van der Waals surface area contributed by atoms with E-state index in [2.05, 4.69) is 71.8 Å². The summed E-state index contributed by atoms with van der Waals surface area (Å²) in [6.07, 6.45) is 6.96. The Bertz CT molecular complexity index is 1080. The Hall–Kier alpha value is -2.79. The van der Waals surface area contributed by atoms with Crippen molar-refractivity contribution in [3.05, 3.63) is 65.5 Å². The second-order valence-corrected chi connectivity index (χ2v) is 9.20. The van der Waals surface area contributed by atoms with E-state index in [-0.39, 0.29) is 0 Å². The second-order valence-electron chi connectivity index (χ2n) is 9.20. The fourth-order valence-electron chi connectivity index (χ4n) is 5.17. The van der Waals surface area contributed by atoms with E-state index < -0.39 is 0 Å². The van der Waals surface area contributed by atoms with Crippen LogP contribution in [0.5, 0.6) is 11.5 Å². The van der Waals surface area contributed by atoms with Gasteiger partial charge in [0.2, 0.25) is 6.79 Å². The summed E-state index contributed by atoms with van der Waals surface area (Å²) < 4.78 is 13.7. The van der Waals surface area contributed by atoms with Gasteiger partial charge in [-0.1, -0.05) is 63.1 Å². The van der Waals surface area contributed by atoms with Gasteiger partial charge in [-0.2, -0.15) is 0 Å². The normalized spacial score (nSPS) is 16.5. The summed E-state index contributed by atoms with van der Waals surface area (Å²) in [5, 5.41) is 0. The average molecular weight is 446 g/mol. The topological polar surface area (TPSA) is 39.5 Å². The van der Waals surface area contributed by atoms with E-state index >= 15 is 0 Å². The van der Waals surface area contributed by atoms with Crippen LogP contribution in [0.1, 0.15) is 68.9 Å². The molecule has 1 aliphatic carbocycles. The molecule has 3 aromatic rings. The van der Waals surface area contributed by atoms with Gasteiger partial charge in [0.15, 0.2) is 11.5 Å². The van der Waals surface area contributed by atoms with Crippen molar-refractivity contribution in [1.82, 2.24) is 14.5 Å². The standard InChI is InChI=1S/C28H35N3O2/c1-3-5-16-30(19-21-12-15-25-26(18-21)33-20-32-25)24-14-13-23-27(24)31(17-6-4-2)28(29-23)22-10-8-7-9-11-22/h7-12,15,18,24H,3-6,13-14,16-17,19-20H2,1-2H3. The summed E-state index contributed by atoms with van der Waals surface area (Å²) in [5.41, 5.74) is 5.24. The Kier molecular flexibility index (Phi) is 6.68. The molecule has 0 fully saturated rings. The van der Waals surface area contributed by atoms with Gasteiger partial charge < -0.3 is 14.0 Å². The number of aryl methyl sites for hydroxylation is 1. The smallest absolute Gasteiger partial charge is 0.231 e. The minimum atomic E-state index is 0.323. The van der Waals surface area contributed by atoms with Crippen LogP contribution in [0.4, 0.5) is 0 Å². The van der Waals surface area contributed by atoms with E-state index in [9.17, 15) is 0 Å². The molecule has 1 atom stereocenters. The molecule has 5 heteroatoms. The number of hydrogen-bond donors (Lipinski definition) is 0. The third-order valence-corrected chi connectivity index (χ3v) is 6.88. The number of fused-ring (bicyclic) bond motifs is 2. The molecule has 1 aliphatic heterocycles. The second kappa shape index (κ2) is 10.0. The lowest BCUT2D eigenvalue weighted by Gasteiger charge is -2.30. The minimum absolute atomic E-state index is 0.323. The first-order chi connectivity index (χ1) is 16.3. The van der Waals surface area contributed by atoms with Crippen molar-refractivity contribution in [1.29, 1.82) is 0 Å². The summed E-state index contributed by atoms with van der Waals surface area (Å²) in [6.45, 7) is 7.91. The van der Waals surface area contributed by atoms with Gasteiger partial charge in [0.25, 0.3) is 0 Å². The Morgan fingerprint density at radius 1 is 1.00 bits per heavy atom. The lowest BCUT2D eigenvalue weighted by Crippen LogP contribution is -2.30. The van der Waals surface area contributed by atoms with Gasteiger partial charge in [0.1, 0.15) is 5.82 Å². The van der Waals surface area contributed by atoms with E-state index in [1.165, 1.54) is 48.2 Å². The molecule has 0 spiro atoms. The zero-order valence-corrected chi connectivity index (χ0v) is 19.9. The first-order valence-corrected chi connectivity index (χ1v) is 12.6. The van der Waals surface area contributed by atoms with Crippen LogP contribution >= 0.6 is 0 Å². The molecule has 0 N–H and O–H groups in total. The van der Waals surface area contributed by atoms with Crippen molar-refractivity contribution < 1.29 is 9.47 Å². The fourth-order valence-corrected chi connectivity index (χ4v) is 5.17. The van der Waals surface area contributed by atoms with Crippen LogP contribution in [0.3, 0.4) is 0 Å². The molecule has 0 bridgehead atoms. The van der Waals surface area contributed by atoms with Crippen LogP contribution in [0.2, 0.25) is 0 Å². The van der Waals surface area contributed by atoms with Crippen LogP contribution in [0, 0.1) is 0 Å². The first-order valence-electron chi connectivity index (χ1n) is 12.6. The number of aromatic nitrogens is 2. The maximum absolute atomic E-state index is 5.64. The van der Waals surface area contributed by atoms with Gasteiger partial charge in [0, 0.05) is 18.7 Å². The van der Waals surface area contributed by atoms with Crippen molar-refractivity contribution in [3.8, 4) is 22.9 Å². The van der Waals surface area contributed by atoms with Crippen LogP contribution in [-0.4, -0.2) is 27.8 Å². The van der Waals surface area contributed by atoms with E-state index in [1.807, 2.05) is 0 Å². The van der Waals surface area contributed by atoms with Crippen molar-refractivity contribution in [2.24, 2.45) is 0 Å². The zero-order chi connectivity index (χ0) is 22.6. The van der Waals surface area contributed by atoms with E-state index in [1.54, 1.807) is 0 Å². The molecule has 5 nitrogen and oxygen atoms in total. The predicted molar refractivity (Wildman–Crippen MR) is 132 cm³/mol. The summed E-state index contributed by atoms with van der Waals surface area (Å²) in [4.78, 5) is 7.85. The molecule has 0 saturated carbocycles. The van der Waals surface area contributed by atoms with Crippen LogP contribution in [0.25, 0.3) is 11.4 Å². The van der Waals surface area contributed by atoms with Gasteiger partial charge in [-0.05, 0) is 49.9 Å². The number of ether oxygens (including phenoxy) is 2. The molecule has 0 saturated heterocycles. The van der Waals surface area contributed by atoms with E-state index in [0.29, 0.717) is 12.8 Å². The van der Waals surface area contributed by atoms with Gasteiger partial charge >= 0.3 is 0 Å². The molecule has 0 amide bonds.